The van der Waals surface area contributed by atoms with Gasteiger partial charge in [0, 0.05) is 15.6 Å². The predicted molar refractivity (Wildman–Crippen MR) is 116 cm³/mol. The lowest BCUT2D eigenvalue weighted by Gasteiger charge is -2.15. The molecule has 10 heteroatoms. The van der Waals surface area contributed by atoms with Crippen LogP contribution in [-0.4, -0.2) is 33.6 Å². The van der Waals surface area contributed by atoms with Crippen molar-refractivity contribution in [2.75, 3.05) is 18.7 Å². The minimum atomic E-state index is -0.265. The fourth-order valence-corrected chi connectivity index (χ4v) is 3.90. The van der Waals surface area contributed by atoms with Crippen LogP contribution >= 0.6 is 35.0 Å². The highest BCUT2D eigenvalue weighted by molar-refractivity contribution is 7.99. The van der Waals surface area contributed by atoms with Crippen molar-refractivity contribution < 1.29 is 9.53 Å². The number of carbonyl (C=O) groups excluding carboxylic acids is 1. The maximum Gasteiger partial charge on any atom is 0.230 e. The van der Waals surface area contributed by atoms with Crippen LogP contribution < -0.4 is 15.9 Å². The molecule has 1 atom stereocenters. The molecule has 0 aliphatic carbocycles. The van der Waals surface area contributed by atoms with Gasteiger partial charge in [0.1, 0.15) is 5.75 Å². The van der Waals surface area contributed by atoms with E-state index in [-0.39, 0.29) is 17.7 Å². The van der Waals surface area contributed by atoms with Crippen LogP contribution in [-0.2, 0) is 4.79 Å². The number of nitrogens with one attached hydrogen (secondary N) is 1. The first kappa shape index (κ1) is 21.3. The molecule has 0 radical (unpaired) electrons. The number of halogens is 2. The number of thioether (sulfide) groups is 1. The molecule has 0 bridgehead atoms. The van der Waals surface area contributed by atoms with E-state index in [0.29, 0.717) is 21.0 Å². The number of nitrogens with zero attached hydrogens (tertiary/aromatic N) is 3. The molecule has 0 aliphatic heterocycles. The monoisotopic (exact) mass is 451 g/mol. The zero-order chi connectivity index (χ0) is 21.0. The normalized spacial score (nSPS) is 11.9. The van der Waals surface area contributed by atoms with Crippen molar-refractivity contribution in [3.05, 3.63) is 58.1 Å². The molecule has 0 aliphatic rings. The highest BCUT2D eigenvalue weighted by Gasteiger charge is 2.16. The second-order valence-electron chi connectivity index (χ2n) is 6.15. The molecule has 0 fully saturated rings. The van der Waals surface area contributed by atoms with Gasteiger partial charge >= 0.3 is 0 Å². The highest BCUT2D eigenvalue weighted by Crippen LogP contribution is 2.27. The van der Waals surface area contributed by atoms with E-state index < -0.39 is 0 Å². The van der Waals surface area contributed by atoms with E-state index in [9.17, 15) is 4.79 Å². The lowest BCUT2D eigenvalue weighted by molar-refractivity contribution is -0.119. The fraction of sp³-hybridized carbons (Fsp3) is 0.211. The topological polar surface area (TPSA) is 95.1 Å². The molecule has 2 aromatic carbocycles. The summed E-state index contributed by atoms with van der Waals surface area (Å²) in [5.41, 5.74) is 1.58. The average molecular weight is 452 g/mol. The Bertz CT molecular complexity index is 1010. The van der Waals surface area contributed by atoms with Crippen molar-refractivity contribution in [2.24, 2.45) is 0 Å². The van der Waals surface area contributed by atoms with E-state index in [1.807, 2.05) is 31.2 Å². The van der Waals surface area contributed by atoms with Crippen LogP contribution in [0.5, 0.6) is 5.75 Å². The van der Waals surface area contributed by atoms with Crippen molar-refractivity contribution >= 4 is 40.9 Å². The minimum absolute atomic E-state index is 0.132. The van der Waals surface area contributed by atoms with Crippen LogP contribution in [0.3, 0.4) is 0 Å². The van der Waals surface area contributed by atoms with Gasteiger partial charge < -0.3 is 15.9 Å². The van der Waals surface area contributed by atoms with Gasteiger partial charge in [0.2, 0.25) is 11.1 Å². The maximum absolute atomic E-state index is 12.3. The maximum atomic E-state index is 12.3. The molecule has 0 unspecified atom stereocenters. The lowest BCUT2D eigenvalue weighted by atomic mass is 10.1. The Morgan fingerprint density at radius 1 is 1.24 bits per heavy atom. The Morgan fingerprint density at radius 2 is 1.97 bits per heavy atom. The molecule has 1 amide bonds. The molecule has 1 aromatic heterocycles. The van der Waals surface area contributed by atoms with Gasteiger partial charge in [-0.25, -0.2) is 4.68 Å². The molecule has 152 valence electrons. The van der Waals surface area contributed by atoms with Crippen molar-refractivity contribution in [3.8, 4) is 17.1 Å². The summed E-state index contributed by atoms with van der Waals surface area (Å²) in [6, 6.07) is 12.2. The van der Waals surface area contributed by atoms with Gasteiger partial charge in [-0.2, -0.15) is 0 Å². The summed E-state index contributed by atoms with van der Waals surface area (Å²) in [6.45, 7) is 1.85. The van der Waals surface area contributed by atoms with Crippen LogP contribution in [0.2, 0.25) is 10.0 Å². The Balaban J connectivity index is 1.61. The molecule has 0 saturated heterocycles. The molecule has 3 N–H and O–H groups in total. The summed E-state index contributed by atoms with van der Waals surface area (Å²) in [7, 11) is 1.60. The van der Waals surface area contributed by atoms with E-state index >= 15 is 0 Å². The first-order chi connectivity index (χ1) is 13.9. The molecule has 1 heterocycles. The van der Waals surface area contributed by atoms with Crippen LogP contribution in [0, 0.1) is 0 Å². The lowest BCUT2D eigenvalue weighted by Crippen LogP contribution is -2.28. The van der Waals surface area contributed by atoms with E-state index in [1.165, 1.54) is 16.4 Å². The minimum Gasteiger partial charge on any atom is -0.497 e. The number of hydrogen-bond donors (Lipinski definition) is 2. The number of nitrogen functional groups attached to an aromatic ring is 1. The molecule has 7 nitrogen and oxygen atoms in total. The quantitative estimate of drug-likeness (QED) is 0.417. The summed E-state index contributed by atoms with van der Waals surface area (Å²) >= 11 is 13.3. The van der Waals surface area contributed by atoms with Crippen LogP contribution in [0.4, 0.5) is 0 Å². The molecule has 3 rings (SSSR count). The molecular weight excluding hydrogens is 433 g/mol. The molecule has 29 heavy (non-hydrogen) atoms. The summed E-state index contributed by atoms with van der Waals surface area (Å²) in [5, 5.41) is 12.6. The van der Waals surface area contributed by atoms with E-state index in [4.69, 9.17) is 33.8 Å². The number of rotatable bonds is 7. The molecule has 3 aromatic rings. The summed E-state index contributed by atoms with van der Waals surface area (Å²) < 4.78 is 6.51. The Hall–Kier alpha value is -2.42. The SMILES string of the molecule is COc1ccc(-c2nnc(SCC(=O)N[C@H](C)c3ccc(Cl)cc3Cl)n2N)cc1. The Labute approximate surface area is 182 Å². The summed E-state index contributed by atoms with van der Waals surface area (Å²) in [6.07, 6.45) is 0. The largest absolute Gasteiger partial charge is 0.497 e. The van der Waals surface area contributed by atoms with Crippen LogP contribution in [0.25, 0.3) is 11.4 Å². The predicted octanol–water partition coefficient (Wildman–Crippen LogP) is 3.94. The van der Waals surface area contributed by atoms with E-state index in [2.05, 4.69) is 15.5 Å². The fourth-order valence-electron chi connectivity index (χ4n) is 2.66. The van der Waals surface area contributed by atoms with Crippen molar-refractivity contribution in [3.63, 3.8) is 0 Å². The second kappa shape index (κ2) is 9.39. The first-order valence-corrected chi connectivity index (χ1v) is 10.3. The van der Waals surface area contributed by atoms with Gasteiger partial charge in [-0.15, -0.1) is 10.2 Å². The molecule has 0 spiro atoms. The first-order valence-electron chi connectivity index (χ1n) is 8.61. The summed E-state index contributed by atoms with van der Waals surface area (Å²) in [5.74, 6) is 7.28. The third-order valence-corrected chi connectivity index (χ3v) is 5.66. The number of hydrogen-bond acceptors (Lipinski definition) is 6. The number of aromatic nitrogens is 3. The Kier molecular flexibility index (Phi) is 6.89. The number of carbonyl (C=O) groups is 1. The van der Waals surface area contributed by atoms with Crippen LogP contribution in [0.15, 0.2) is 47.6 Å². The smallest absolute Gasteiger partial charge is 0.230 e. The molecule has 0 saturated carbocycles. The van der Waals surface area contributed by atoms with Crippen molar-refractivity contribution in [1.29, 1.82) is 0 Å². The standard InChI is InChI=1S/C19H19Cl2N5O2S/c1-11(15-8-5-13(20)9-16(15)21)23-17(27)10-29-19-25-24-18(26(19)22)12-3-6-14(28-2)7-4-12/h3-9,11H,10,22H2,1-2H3,(H,23,27)/t11-/m1/s1. The number of methoxy groups -OCH3 is 1. The second-order valence-corrected chi connectivity index (χ2v) is 7.93. The van der Waals surface area contributed by atoms with Gasteiger partial charge in [0.15, 0.2) is 5.82 Å². The number of amides is 1. The van der Waals surface area contributed by atoms with E-state index in [0.717, 1.165) is 16.9 Å². The summed E-state index contributed by atoms with van der Waals surface area (Å²) in [4.78, 5) is 12.3. The van der Waals surface area contributed by atoms with Gasteiger partial charge in [-0.05, 0) is 48.9 Å². The van der Waals surface area contributed by atoms with Crippen molar-refractivity contribution in [1.82, 2.24) is 20.2 Å². The highest BCUT2D eigenvalue weighted by atomic mass is 35.5. The third-order valence-electron chi connectivity index (χ3n) is 4.15. The number of ether oxygens (including phenoxy) is 1. The average Bonchev–Trinajstić information content (AvgIpc) is 3.06. The van der Waals surface area contributed by atoms with Gasteiger partial charge in [-0.1, -0.05) is 41.0 Å². The Morgan fingerprint density at radius 3 is 2.62 bits per heavy atom. The zero-order valence-corrected chi connectivity index (χ0v) is 18.1. The van der Waals surface area contributed by atoms with Gasteiger partial charge in [0.05, 0.1) is 18.9 Å². The van der Waals surface area contributed by atoms with Gasteiger partial charge in [-0.3, -0.25) is 4.79 Å². The number of nitrogens with two attached hydrogens (primary N) is 1. The van der Waals surface area contributed by atoms with E-state index in [1.54, 1.807) is 25.3 Å². The van der Waals surface area contributed by atoms with Gasteiger partial charge in [0.25, 0.3) is 0 Å². The molecular formula is C19H19Cl2N5O2S. The van der Waals surface area contributed by atoms with Crippen LogP contribution in [0.1, 0.15) is 18.5 Å². The van der Waals surface area contributed by atoms with Crippen molar-refractivity contribution in [2.45, 2.75) is 18.1 Å². The third kappa shape index (κ3) is 5.14. The zero-order valence-electron chi connectivity index (χ0n) is 15.7. The number of benzene rings is 2.